The Morgan fingerprint density at radius 3 is 2.76 bits per heavy atom. The van der Waals surface area contributed by atoms with E-state index in [0.29, 0.717) is 6.04 Å². The predicted octanol–water partition coefficient (Wildman–Crippen LogP) is 2.46. The number of aromatic nitrogens is 2. The number of hydrogen-bond acceptors (Lipinski definition) is 4. The van der Waals surface area contributed by atoms with Crippen LogP contribution in [-0.2, 0) is 9.59 Å². The molecule has 1 aromatic heterocycles. The molecule has 25 heavy (non-hydrogen) atoms. The van der Waals surface area contributed by atoms with Crippen molar-refractivity contribution in [2.24, 2.45) is 0 Å². The molecule has 132 valence electrons. The molecule has 0 unspecified atom stereocenters. The van der Waals surface area contributed by atoms with Crippen LogP contribution in [0.1, 0.15) is 12.8 Å². The van der Waals surface area contributed by atoms with Crippen molar-refractivity contribution < 1.29 is 9.59 Å². The number of amides is 2. The third-order valence-corrected chi connectivity index (χ3v) is 5.27. The van der Waals surface area contributed by atoms with Crippen LogP contribution in [0.15, 0.2) is 46.3 Å². The molecule has 0 aliphatic heterocycles. The summed E-state index contributed by atoms with van der Waals surface area (Å²) in [7, 11) is 1.65. The second kappa shape index (κ2) is 8.05. The highest BCUT2D eigenvalue weighted by Gasteiger charge is 2.24. The maximum absolute atomic E-state index is 12.2. The summed E-state index contributed by atoms with van der Waals surface area (Å²) in [5, 5.41) is 3.63. The van der Waals surface area contributed by atoms with Crippen LogP contribution in [0.2, 0.25) is 0 Å². The Labute approximate surface area is 159 Å². The largest absolute Gasteiger partial charge is 0.352 e. The molecule has 1 saturated carbocycles. The first-order valence-corrected chi connectivity index (χ1v) is 9.76. The number of nitrogens with one attached hydrogen (secondary N) is 1. The van der Waals surface area contributed by atoms with Crippen molar-refractivity contribution in [2.45, 2.75) is 24.0 Å². The molecule has 0 atom stereocenters. The second-order valence-corrected chi connectivity index (χ2v) is 7.79. The van der Waals surface area contributed by atoms with E-state index in [0.717, 1.165) is 28.2 Å². The number of benzene rings is 1. The number of likely N-dealkylation sites (N-methyl/N-ethyl adjacent to an activating group) is 1. The van der Waals surface area contributed by atoms with Gasteiger partial charge in [0, 0.05) is 35.6 Å². The van der Waals surface area contributed by atoms with Crippen LogP contribution < -0.4 is 5.32 Å². The quantitative estimate of drug-likeness (QED) is 0.695. The first-order chi connectivity index (χ1) is 12.0. The Hall–Kier alpha value is -1.80. The molecule has 2 aromatic rings. The van der Waals surface area contributed by atoms with Gasteiger partial charge >= 0.3 is 0 Å². The SMILES string of the molecule is CN(CC(=O)NC1CC1)C(=O)CSc1nccn1-c1ccc(Br)cc1. The minimum absolute atomic E-state index is 0.0943. The van der Waals surface area contributed by atoms with Gasteiger partial charge in [0.2, 0.25) is 11.8 Å². The predicted molar refractivity (Wildman–Crippen MR) is 101 cm³/mol. The van der Waals surface area contributed by atoms with Crippen LogP contribution in [0.4, 0.5) is 0 Å². The third kappa shape index (κ3) is 5.09. The van der Waals surface area contributed by atoms with Gasteiger partial charge in [-0.3, -0.25) is 14.2 Å². The minimum Gasteiger partial charge on any atom is -0.352 e. The summed E-state index contributed by atoms with van der Waals surface area (Å²) in [5.41, 5.74) is 0.979. The molecule has 1 N–H and O–H groups in total. The number of thioether (sulfide) groups is 1. The minimum atomic E-state index is -0.0975. The van der Waals surface area contributed by atoms with Gasteiger partial charge in [-0.15, -0.1) is 0 Å². The Morgan fingerprint density at radius 1 is 1.36 bits per heavy atom. The zero-order valence-electron chi connectivity index (χ0n) is 13.8. The summed E-state index contributed by atoms with van der Waals surface area (Å²) in [5.74, 6) is 0.0434. The molecule has 3 rings (SSSR count). The van der Waals surface area contributed by atoms with Crippen molar-refractivity contribution in [3.05, 3.63) is 41.1 Å². The second-order valence-electron chi connectivity index (χ2n) is 5.94. The van der Waals surface area contributed by atoms with Gasteiger partial charge in [0.15, 0.2) is 5.16 Å². The Kier molecular flexibility index (Phi) is 5.80. The molecule has 6 nitrogen and oxygen atoms in total. The first kappa shape index (κ1) is 18.0. The Bertz CT molecular complexity index is 758. The highest BCUT2D eigenvalue weighted by Crippen LogP contribution is 2.22. The fraction of sp³-hybridized carbons (Fsp3) is 0.353. The van der Waals surface area contributed by atoms with Gasteiger partial charge in [-0.1, -0.05) is 27.7 Å². The number of hydrogen-bond donors (Lipinski definition) is 1. The van der Waals surface area contributed by atoms with Gasteiger partial charge in [0.1, 0.15) is 0 Å². The lowest BCUT2D eigenvalue weighted by atomic mass is 10.3. The van der Waals surface area contributed by atoms with Crippen molar-refractivity contribution in [1.82, 2.24) is 19.8 Å². The summed E-state index contributed by atoms with van der Waals surface area (Å²) in [4.78, 5) is 29.8. The van der Waals surface area contributed by atoms with Crippen LogP contribution in [0.5, 0.6) is 0 Å². The van der Waals surface area contributed by atoms with Gasteiger partial charge in [0.05, 0.1) is 12.3 Å². The molecule has 1 aromatic carbocycles. The summed E-state index contributed by atoms with van der Waals surface area (Å²) in [6.07, 6.45) is 5.65. The number of carbonyl (C=O) groups is 2. The molecular weight excluding hydrogens is 404 g/mol. The lowest BCUT2D eigenvalue weighted by Crippen LogP contribution is -2.39. The van der Waals surface area contributed by atoms with E-state index in [-0.39, 0.29) is 24.1 Å². The Morgan fingerprint density at radius 2 is 2.08 bits per heavy atom. The van der Waals surface area contributed by atoms with Crippen molar-refractivity contribution in [2.75, 3.05) is 19.3 Å². The molecule has 1 aliphatic rings. The third-order valence-electron chi connectivity index (χ3n) is 3.79. The van der Waals surface area contributed by atoms with Crippen LogP contribution in [0, 0.1) is 0 Å². The van der Waals surface area contributed by atoms with Crippen molar-refractivity contribution in [3.8, 4) is 5.69 Å². The van der Waals surface area contributed by atoms with E-state index in [1.807, 2.05) is 35.0 Å². The molecule has 0 radical (unpaired) electrons. The fourth-order valence-corrected chi connectivity index (χ4v) is 3.41. The molecule has 8 heteroatoms. The van der Waals surface area contributed by atoms with E-state index in [4.69, 9.17) is 0 Å². The molecule has 1 heterocycles. The number of halogens is 1. The van der Waals surface area contributed by atoms with E-state index in [2.05, 4.69) is 26.2 Å². The van der Waals surface area contributed by atoms with Crippen LogP contribution in [0.3, 0.4) is 0 Å². The molecule has 0 saturated heterocycles. The summed E-state index contributed by atoms with van der Waals surface area (Å²) >= 11 is 4.78. The van der Waals surface area contributed by atoms with E-state index in [1.165, 1.54) is 16.7 Å². The van der Waals surface area contributed by atoms with E-state index in [9.17, 15) is 9.59 Å². The fourth-order valence-electron chi connectivity index (χ4n) is 2.24. The van der Waals surface area contributed by atoms with Crippen molar-refractivity contribution in [3.63, 3.8) is 0 Å². The molecular formula is C17H19BrN4O2S. The number of rotatable bonds is 7. The highest BCUT2D eigenvalue weighted by atomic mass is 79.9. The maximum Gasteiger partial charge on any atom is 0.239 e. The number of imidazole rings is 1. The molecule has 1 aliphatic carbocycles. The summed E-state index contributed by atoms with van der Waals surface area (Å²) in [6.45, 7) is 0.0943. The smallest absolute Gasteiger partial charge is 0.239 e. The summed E-state index contributed by atoms with van der Waals surface area (Å²) < 4.78 is 2.94. The Balaban J connectivity index is 1.54. The van der Waals surface area contributed by atoms with Crippen LogP contribution >= 0.6 is 27.7 Å². The first-order valence-electron chi connectivity index (χ1n) is 7.98. The standard InChI is InChI=1S/C17H19BrN4O2S/c1-21(10-15(23)20-13-4-5-13)16(24)11-25-17-19-8-9-22(17)14-6-2-12(18)3-7-14/h2-3,6-9,13H,4-5,10-11H2,1H3,(H,20,23). The monoisotopic (exact) mass is 422 g/mol. The molecule has 2 amide bonds. The normalized spacial score (nSPS) is 13.5. The molecule has 0 bridgehead atoms. The van der Waals surface area contributed by atoms with Gasteiger partial charge in [0.25, 0.3) is 0 Å². The zero-order valence-corrected chi connectivity index (χ0v) is 16.2. The van der Waals surface area contributed by atoms with Gasteiger partial charge in [-0.05, 0) is 37.1 Å². The van der Waals surface area contributed by atoms with E-state index in [1.54, 1.807) is 13.2 Å². The van der Waals surface area contributed by atoms with Gasteiger partial charge in [-0.25, -0.2) is 4.98 Å². The summed E-state index contributed by atoms with van der Waals surface area (Å²) in [6, 6.07) is 8.18. The van der Waals surface area contributed by atoms with Gasteiger partial charge in [-0.2, -0.15) is 0 Å². The average Bonchev–Trinajstić information content (AvgIpc) is 3.27. The van der Waals surface area contributed by atoms with Crippen LogP contribution in [-0.4, -0.2) is 51.7 Å². The lowest BCUT2D eigenvalue weighted by molar-refractivity contribution is -0.132. The van der Waals surface area contributed by atoms with Crippen molar-refractivity contribution in [1.29, 1.82) is 0 Å². The zero-order chi connectivity index (χ0) is 17.8. The topological polar surface area (TPSA) is 67.2 Å². The highest BCUT2D eigenvalue weighted by molar-refractivity contribution is 9.10. The molecule has 0 spiro atoms. The van der Waals surface area contributed by atoms with Gasteiger partial charge < -0.3 is 10.2 Å². The number of nitrogens with zero attached hydrogens (tertiary/aromatic N) is 3. The van der Waals surface area contributed by atoms with Crippen molar-refractivity contribution >= 4 is 39.5 Å². The maximum atomic E-state index is 12.2. The van der Waals surface area contributed by atoms with E-state index >= 15 is 0 Å². The average molecular weight is 423 g/mol. The lowest BCUT2D eigenvalue weighted by Gasteiger charge is -2.16. The number of carbonyl (C=O) groups excluding carboxylic acids is 2. The van der Waals surface area contributed by atoms with E-state index < -0.39 is 0 Å². The van der Waals surface area contributed by atoms with Crippen LogP contribution in [0.25, 0.3) is 5.69 Å². The molecule has 1 fully saturated rings.